The number of nitrogens with one attached hydrogen (secondary N) is 2. The predicted octanol–water partition coefficient (Wildman–Crippen LogP) is 2.22. The Morgan fingerprint density at radius 1 is 1.13 bits per heavy atom. The van der Waals surface area contributed by atoms with E-state index in [4.69, 9.17) is 4.74 Å². The van der Waals surface area contributed by atoms with Crippen molar-refractivity contribution in [1.82, 2.24) is 15.1 Å². The summed E-state index contributed by atoms with van der Waals surface area (Å²) in [6.07, 6.45) is 1.53. The Labute approximate surface area is 181 Å². The Balaban J connectivity index is 1.53. The molecule has 0 bridgehead atoms. The number of carbonyl (C=O) groups is 3. The van der Waals surface area contributed by atoms with E-state index in [1.807, 2.05) is 30.3 Å². The SMILES string of the molecule is COc1ccc(CN2C(=O)C3NCCCC3N(CC(=O)Nc3ccccc3)C2=O)cc1. The minimum atomic E-state index is -0.505. The standard InChI is InChI=1S/C23H26N4O4/c1-31-18-11-9-16(10-12-18)14-27-22(29)21-19(8-5-13-24-21)26(23(27)30)15-20(28)25-17-6-3-2-4-7-17/h2-4,6-7,9-12,19,21,24H,5,8,13-15H2,1H3,(H,25,28). The molecule has 8 heteroatoms. The number of benzene rings is 2. The van der Waals surface area contributed by atoms with E-state index >= 15 is 0 Å². The largest absolute Gasteiger partial charge is 0.497 e. The van der Waals surface area contributed by atoms with Gasteiger partial charge in [0.05, 0.1) is 19.7 Å². The van der Waals surface area contributed by atoms with Crippen LogP contribution in [-0.2, 0) is 16.1 Å². The maximum atomic E-state index is 13.3. The molecule has 2 fully saturated rings. The Morgan fingerprint density at radius 3 is 2.58 bits per heavy atom. The summed E-state index contributed by atoms with van der Waals surface area (Å²) in [4.78, 5) is 41.9. The zero-order valence-electron chi connectivity index (χ0n) is 17.4. The summed E-state index contributed by atoms with van der Waals surface area (Å²) in [6.45, 7) is 0.744. The summed E-state index contributed by atoms with van der Waals surface area (Å²) in [5.41, 5.74) is 1.48. The Bertz CT molecular complexity index is 948. The van der Waals surface area contributed by atoms with Crippen LogP contribution in [0.15, 0.2) is 54.6 Å². The van der Waals surface area contributed by atoms with Crippen molar-refractivity contribution < 1.29 is 19.1 Å². The van der Waals surface area contributed by atoms with Crippen molar-refractivity contribution in [3.63, 3.8) is 0 Å². The summed E-state index contributed by atoms with van der Waals surface area (Å²) in [5.74, 6) is 0.168. The lowest BCUT2D eigenvalue weighted by Crippen LogP contribution is -2.70. The summed E-state index contributed by atoms with van der Waals surface area (Å²) >= 11 is 0. The van der Waals surface area contributed by atoms with Gasteiger partial charge < -0.3 is 20.3 Å². The van der Waals surface area contributed by atoms with E-state index in [1.54, 1.807) is 31.4 Å². The van der Waals surface area contributed by atoms with Gasteiger partial charge in [0, 0.05) is 5.69 Å². The molecule has 2 unspecified atom stereocenters. The van der Waals surface area contributed by atoms with Crippen molar-refractivity contribution in [2.24, 2.45) is 0 Å². The minimum absolute atomic E-state index is 0.108. The smallest absolute Gasteiger partial charge is 0.327 e. The third-order valence-electron chi connectivity index (χ3n) is 5.71. The number of amides is 4. The number of piperidine rings is 1. The van der Waals surface area contributed by atoms with Crippen molar-refractivity contribution in [2.45, 2.75) is 31.5 Å². The van der Waals surface area contributed by atoms with Gasteiger partial charge in [0.25, 0.3) is 0 Å². The third-order valence-corrected chi connectivity index (χ3v) is 5.71. The lowest BCUT2D eigenvalue weighted by atomic mass is 9.93. The number of fused-ring (bicyclic) bond motifs is 1. The van der Waals surface area contributed by atoms with Gasteiger partial charge in [0.15, 0.2) is 0 Å². The van der Waals surface area contributed by atoms with Crippen molar-refractivity contribution in [3.05, 3.63) is 60.2 Å². The lowest BCUT2D eigenvalue weighted by molar-refractivity contribution is -0.138. The van der Waals surface area contributed by atoms with Crippen molar-refractivity contribution in [2.75, 3.05) is 25.5 Å². The molecule has 4 amide bonds. The first-order valence-corrected chi connectivity index (χ1v) is 10.4. The second kappa shape index (κ2) is 9.18. The normalized spacial score (nSPS) is 20.9. The number of imide groups is 1. The molecule has 2 N–H and O–H groups in total. The molecule has 2 aliphatic heterocycles. The van der Waals surface area contributed by atoms with Crippen LogP contribution in [0, 0.1) is 0 Å². The highest BCUT2D eigenvalue weighted by Crippen LogP contribution is 2.26. The number of carbonyl (C=O) groups excluding carboxylic acids is 3. The number of methoxy groups -OCH3 is 1. The molecule has 0 aromatic heterocycles. The molecular formula is C23H26N4O4. The summed E-state index contributed by atoms with van der Waals surface area (Å²) < 4.78 is 5.17. The van der Waals surface area contributed by atoms with Crippen LogP contribution in [0.5, 0.6) is 5.75 Å². The number of ether oxygens (including phenoxy) is 1. The van der Waals surface area contributed by atoms with Crippen LogP contribution in [0.1, 0.15) is 18.4 Å². The fraction of sp³-hybridized carbons (Fsp3) is 0.348. The molecule has 162 valence electrons. The zero-order valence-corrected chi connectivity index (χ0v) is 17.4. The molecule has 2 aromatic carbocycles. The molecule has 0 aliphatic carbocycles. The number of anilines is 1. The molecular weight excluding hydrogens is 396 g/mol. The van der Waals surface area contributed by atoms with Crippen LogP contribution in [0.25, 0.3) is 0 Å². The Hall–Kier alpha value is -3.39. The van der Waals surface area contributed by atoms with E-state index < -0.39 is 12.1 Å². The molecule has 0 spiro atoms. The molecule has 8 nitrogen and oxygen atoms in total. The highest BCUT2D eigenvalue weighted by atomic mass is 16.5. The van der Waals surface area contributed by atoms with E-state index in [0.717, 1.165) is 12.0 Å². The second-order valence-corrected chi connectivity index (χ2v) is 7.74. The van der Waals surface area contributed by atoms with E-state index in [1.165, 1.54) is 9.80 Å². The number of para-hydroxylation sites is 1. The van der Waals surface area contributed by atoms with Gasteiger partial charge in [-0.15, -0.1) is 0 Å². The van der Waals surface area contributed by atoms with E-state index in [-0.39, 0.29) is 30.9 Å². The molecule has 31 heavy (non-hydrogen) atoms. The monoisotopic (exact) mass is 422 g/mol. The van der Waals surface area contributed by atoms with Crippen LogP contribution in [0.4, 0.5) is 10.5 Å². The molecule has 0 radical (unpaired) electrons. The van der Waals surface area contributed by atoms with Gasteiger partial charge in [-0.2, -0.15) is 0 Å². The van der Waals surface area contributed by atoms with Crippen molar-refractivity contribution >= 4 is 23.5 Å². The van der Waals surface area contributed by atoms with Gasteiger partial charge in [0.1, 0.15) is 18.3 Å². The minimum Gasteiger partial charge on any atom is -0.497 e. The maximum absolute atomic E-state index is 13.3. The van der Waals surface area contributed by atoms with Gasteiger partial charge in [-0.1, -0.05) is 30.3 Å². The number of urea groups is 1. The first-order valence-electron chi connectivity index (χ1n) is 10.4. The van der Waals surface area contributed by atoms with Crippen LogP contribution in [0.3, 0.4) is 0 Å². The fourth-order valence-corrected chi connectivity index (χ4v) is 4.14. The number of hydrogen-bond acceptors (Lipinski definition) is 5. The second-order valence-electron chi connectivity index (χ2n) is 7.74. The fourth-order valence-electron chi connectivity index (χ4n) is 4.14. The van der Waals surface area contributed by atoms with E-state index in [0.29, 0.717) is 24.4 Å². The van der Waals surface area contributed by atoms with Crippen LogP contribution in [0.2, 0.25) is 0 Å². The quantitative estimate of drug-likeness (QED) is 0.745. The first kappa shape index (κ1) is 20.9. The number of rotatable bonds is 6. The van der Waals surface area contributed by atoms with Crippen LogP contribution in [-0.4, -0.2) is 59.9 Å². The van der Waals surface area contributed by atoms with E-state index in [2.05, 4.69) is 10.6 Å². The molecule has 2 heterocycles. The van der Waals surface area contributed by atoms with Gasteiger partial charge >= 0.3 is 6.03 Å². The average molecular weight is 422 g/mol. The van der Waals surface area contributed by atoms with Gasteiger partial charge in [-0.3, -0.25) is 14.5 Å². The Morgan fingerprint density at radius 2 is 1.87 bits per heavy atom. The van der Waals surface area contributed by atoms with Gasteiger partial charge in [-0.05, 0) is 49.2 Å². The number of hydrogen-bond donors (Lipinski definition) is 2. The number of nitrogens with zero attached hydrogens (tertiary/aromatic N) is 2. The maximum Gasteiger partial charge on any atom is 0.327 e. The highest BCUT2D eigenvalue weighted by Gasteiger charge is 2.47. The first-order chi connectivity index (χ1) is 15.1. The molecule has 2 aliphatic rings. The summed E-state index contributed by atoms with van der Waals surface area (Å²) in [7, 11) is 1.58. The molecule has 0 saturated carbocycles. The Kier molecular flexibility index (Phi) is 6.18. The lowest BCUT2D eigenvalue weighted by Gasteiger charge is -2.46. The van der Waals surface area contributed by atoms with E-state index in [9.17, 15) is 14.4 Å². The third kappa shape index (κ3) is 4.54. The summed E-state index contributed by atoms with van der Waals surface area (Å²) in [6, 6.07) is 15.1. The molecule has 2 saturated heterocycles. The average Bonchev–Trinajstić information content (AvgIpc) is 2.80. The molecule has 4 rings (SSSR count). The van der Waals surface area contributed by atoms with Gasteiger partial charge in [-0.25, -0.2) is 4.79 Å². The molecule has 2 aromatic rings. The highest BCUT2D eigenvalue weighted by molar-refractivity contribution is 6.02. The van der Waals surface area contributed by atoms with Crippen LogP contribution >= 0.6 is 0 Å². The topological polar surface area (TPSA) is 91.0 Å². The molecule has 2 atom stereocenters. The van der Waals surface area contributed by atoms with Crippen molar-refractivity contribution in [3.8, 4) is 5.75 Å². The predicted molar refractivity (Wildman–Crippen MR) is 116 cm³/mol. The van der Waals surface area contributed by atoms with Gasteiger partial charge in [0.2, 0.25) is 11.8 Å². The summed E-state index contributed by atoms with van der Waals surface area (Å²) in [5, 5.41) is 6.06. The van der Waals surface area contributed by atoms with Crippen molar-refractivity contribution in [1.29, 1.82) is 0 Å². The van der Waals surface area contributed by atoms with Crippen LogP contribution < -0.4 is 15.4 Å². The zero-order chi connectivity index (χ0) is 21.8.